The van der Waals surface area contributed by atoms with Gasteiger partial charge in [0.25, 0.3) is 0 Å². The van der Waals surface area contributed by atoms with Gasteiger partial charge in [0.1, 0.15) is 0 Å². The lowest BCUT2D eigenvalue weighted by Crippen LogP contribution is -2.40. The molecule has 0 aromatic heterocycles. The Labute approximate surface area is 90.1 Å². The SMILES string of the molecule is CNC(=O)/C=C/CN1CCS(=O)(=O)CC1. The van der Waals surface area contributed by atoms with Crippen molar-refractivity contribution in [2.24, 2.45) is 0 Å². The van der Waals surface area contributed by atoms with Crippen molar-refractivity contribution in [2.45, 2.75) is 0 Å². The number of likely N-dealkylation sites (N-methyl/N-ethyl adjacent to an activating group) is 1. The predicted octanol–water partition coefficient (Wildman–Crippen LogP) is -0.981. The molecule has 0 spiro atoms. The third kappa shape index (κ3) is 4.44. The van der Waals surface area contributed by atoms with Crippen LogP contribution in [0, 0.1) is 0 Å². The predicted molar refractivity (Wildman–Crippen MR) is 58.3 cm³/mol. The Morgan fingerprint density at radius 2 is 2.00 bits per heavy atom. The number of nitrogens with zero attached hydrogens (tertiary/aromatic N) is 1. The van der Waals surface area contributed by atoms with Gasteiger partial charge >= 0.3 is 0 Å². The molecule has 0 unspecified atom stereocenters. The Balaban J connectivity index is 2.31. The quantitative estimate of drug-likeness (QED) is 0.635. The minimum absolute atomic E-state index is 0.139. The van der Waals surface area contributed by atoms with Crippen LogP contribution in [0.25, 0.3) is 0 Å². The Hall–Kier alpha value is -0.880. The van der Waals surface area contributed by atoms with E-state index in [2.05, 4.69) is 5.32 Å². The second-order valence-corrected chi connectivity index (χ2v) is 5.77. The van der Waals surface area contributed by atoms with Gasteiger partial charge in [-0.25, -0.2) is 8.42 Å². The maximum absolute atomic E-state index is 11.1. The van der Waals surface area contributed by atoms with Gasteiger partial charge in [-0.05, 0) is 0 Å². The number of sulfone groups is 1. The van der Waals surface area contributed by atoms with Crippen molar-refractivity contribution in [1.29, 1.82) is 0 Å². The number of hydrogen-bond donors (Lipinski definition) is 1. The van der Waals surface area contributed by atoms with Crippen LogP contribution in [0.3, 0.4) is 0 Å². The molecule has 15 heavy (non-hydrogen) atoms. The smallest absolute Gasteiger partial charge is 0.243 e. The molecule has 6 heteroatoms. The molecule has 0 aromatic rings. The molecular formula is C9H16N2O3S. The number of amides is 1. The Kier molecular flexibility index (Phi) is 4.28. The normalized spacial score (nSPS) is 21.7. The van der Waals surface area contributed by atoms with E-state index in [0.29, 0.717) is 19.6 Å². The van der Waals surface area contributed by atoms with Crippen molar-refractivity contribution < 1.29 is 13.2 Å². The van der Waals surface area contributed by atoms with Gasteiger partial charge in [0.05, 0.1) is 11.5 Å². The highest BCUT2D eigenvalue weighted by Crippen LogP contribution is 2.02. The molecule has 5 nitrogen and oxygen atoms in total. The van der Waals surface area contributed by atoms with E-state index in [1.54, 1.807) is 13.1 Å². The molecule has 0 bridgehead atoms. The molecule has 0 aromatic carbocycles. The molecule has 1 fully saturated rings. The standard InChI is InChI=1S/C9H16N2O3S/c1-10-9(12)3-2-4-11-5-7-15(13,14)8-6-11/h2-3H,4-8H2,1H3,(H,10,12)/b3-2+. The molecule has 86 valence electrons. The number of hydrogen-bond acceptors (Lipinski definition) is 4. The van der Waals surface area contributed by atoms with E-state index in [9.17, 15) is 13.2 Å². The molecule has 0 radical (unpaired) electrons. The van der Waals surface area contributed by atoms with E-state index in [-0.39, 0.29) is 17.4 Å². The zero-order chi connectivity index (χ0) is 11.3. The summed E-state index contributed by atoms with van der Waals surface area (Å²) in [5, 5.41) is 2.48. The maximum atomic E-state index is 11.1. The van der Waals surface area contributed by atoms with Crippen molar-refractivity contribution in [3.05, 3.63) is 12.2 Å². The van der Waals surface area contributed by atoms with Crippen molar-refractivity contribution >= 4 is 15.7 Å². The second-order valence-electron chi connectivity index (χ2n) is 3.47. The summed E-state index contributed by atoms with van der Waals surface area (Å²) in [4.78, 5) is 12.9. The average Bonchev–Trinajstić information content (AvgIpc) is 2.20. The Bertz CT molecular complexity index is 334. The van der Waals surface area contributed by atoms with Gasteiger partial charge in [0.2, 0.25) is 5.91 Å². The Morgan fingerprint density at radius 1 is 1.40 bits per heavy atom. The van der Waals surface area contributed by atoms with Crippen LogP contribution in [0.15, 0.2) is 12.2 Å². The summed E-state index contributed by atoms with van der Waals surface area (Å²) in [6.45, 7) is 1.74. The summed E-state index contributed by atoms with van der Waals surface area (Å²) < 4.78 is 22.2. The van der Waals surface area contributed by atoms with E-state index in [1.165, 1.54) is 6.08 Å². The van der Waals surface area contributed by atoms with E-state index in [0.717, 1.165) is 0 Å². The maximum Gasteiger partial charge on any atom is 0.243 e. The molecule has 1 heterocycles. The van der Waals surface area contributed by atoms with Crippen LogP contribution >= 0.6 is 0 Å². The van der Waals surface area contributed by atoms with Gasteiger partial charge < -0.3 is 5.32 Å². The van der Waals surface area contributed by atoms with Crippen LogP contribution < -0.4 is 5.32 Å². The van der Waals surface area contributed by atoms with Gasteiger partial charge in [-0.1, -0.05) is 6.08 Å². The molecule has 1 rings (SSSR count). The van der Waals surface area contributed by atoms with Crippen molar-refractivity contribution in [3.63, 3.8) is 0 Å². The van der Waals surface area contributed by atoms with Crippen LogP contribution in [0.2, 0.25) is 0 Å². The summed E-state index contributed by atoms with van der Waals surface area (Å²) in [5.41, 5.74) is 0. The van der Waals surface area contributed by atoms with Crippen LogP contribution in [0.4, 0.5) is 0 Å². The highest BCUT2D eigenvalue weighted by molar-refractivity contribution is 7.91. The molecule has 1 aliphatic rings. The number of carbonyl (C=O) groups excluding carboxylic acids is 1. The summed E-state index contributed by atoms with van der Waals surface area (Å²) in [5.74, 6) is 0.307. The van der Waals surface area contributed by atoms with E-state index in [4.69, 9.17) is 0 Å². The number of rotatable bonds is 3. The first-order chi connectivity index (χ1) is 7.03. The van der Waals surface area contributed by atoms with Crippen LogP contribution in [0.1, 0.15) is 0 Å². The second kappa shape index (κ2) is 5.27. The van der Waals surface area contributed by atoms with E-state index < -0.39 is 9.84 Å². The third-order valence-corrected chi connectivity index (χ3v) is 3.93. The monoisotopic (exact) mass is 232 g/mol. The molecule has 1 N–H and O–H groups in total. The fraction of sp³-hybridized carbons (Fsp3) is 0.667. The number of nitrogens with one attached hydrogen (secondary N) is 1. The summed E-state index contributed by atoms with van der Waals surface area (Å²) in [6, 6.07) is 0. The van der Waals surface area contributed by atoms with Gasteiger partial charge in [-0.2, -0.15) is 0 Å². The van der Waals surface area contributed by atoms with Gasteiger partial charge in [-0.15, -0.1) is 0 Å². The summed E-state index contributed by atoms with van der Waals surface area (Å²) in [7, 11) is -1.24. The Morgan fingerprint density at radius 3 is 2.53 bits per heavy atom. The van der Waals surface area contributed by atoms with E-state index in [1.807, 2.05) is 4.90 Å². The minimum Gasteiger partial charge on any atom is -0.356 e. The molecule has 1 amide bonds. The lowest BCUT2D eigenvalue weighted by molar-refractivity contribution is -0.116. The average molecular weight is 232 g/mol. The van der Waals surface area contributed by atoms with Gasteiger partial charge in [-0.3, -0.25) is 9.69 Å². The highest BCUT2D eigenvalue weighted by Gasteiger charge is 2.20. The zero-order valence-corrected chi connectivity index (χ0v) is 9.59. The van der Waals surface area contributed by atoms with Crippen molar-refractivity contribution in [1.82, 2.24) is 10.2 Å². The first kappa shape index (κ1) is 12.2. The molecule has 0 saturated carbocycles. The lowest BCUT2D eigenvalue weighted by atomic mass is 10.4. The third-order valence-electron chi connectivity index (χ3n) is 2.32. The van der Waals surface area contributed by atoms with Crippen LogP contribution in [-0.4, -0.2) is 57.4 Å². The first-order valence-corrected chi connectivity index (χ1v) is 6.67. The summed E-state index contributed by atoms with van der Waals surface area (Å²) in [6.07, 6.45) is 3.21. The van der Waals surface area contributed by atoms with Gasteiger partial charge in [0, 0.05) is 32.8 Å². The minimum atomic E-state index is -2.81. The molecule has 0 aliphatic carbocycles. The molecule has 0 atom stereocenters. The first-order valence-electron chi connectivity index (χ1n) is 4.84. The van der Waals surface area contributed by atoms with Gasteiger partial charge in [0.15, 0.2) is 9.84 Å². The topological polar surface area (TPSA) is 66.5 Å². The lowest BCUT2D eigenvalue weighted by Gasteiger charge is -2.24. The molecule has 1 aliphatic heterocycles. The fourth-order valence-electron chi connectivity index (χ4n) is 1.32. The van der Waals surface area contributed by atoms with Crippen LogP contribution in [0.5, 0.6) is 0 Å². The number of carbonyl (C=O) groups is 1. The van der Waals surface area contributed by atoms with Crippen molar-refractivity contribution in [2.75, 3.05) is 38.2 Å². The van der Waals surface area contributed by atoms with E-state index >= 15 is 0 Å². The molecule has 1 saturated heterocycles. The van der Waals surface area contributed by atoms with Crippen LogP contribution in [-0.2, 0) is 14.6 Å². The highest BCUT2D eigenvalue weighted by atomic mass is 32.2. The fourth-order valence-corrected chi connectivity index (χ4v) is 2.60. The summed E-state index contributed by atoms with van der Waals surface area (Å²) >= 11 is 0. The van der Waals surface area contributed by atoms with Crippen molar-refractivity contribution in [3.8, 4) is 0 Å². The largest absolute Gasteiger partial charge is 0.356 e. The molecular weight excluding hydrogens is 216 g/mol. The zero-order valence-electron chi connectivity index (χ0n) is 8.77.